The van der Waals surface area contributed by atoms with E-state index in [0.717, 1.165) is 29.9 Å². The van der Waals surface area contributed by atoms with E-state index in [0.29, 0.717) is 24.8 Å². The molecule has 3 aromatic rings. The number of methoxy groups -OCH3 is 1. The lowest BCUT2D eigenvalue weighted by Crippen LogP contribution is -2.26. The Morgan fingerprint density at radius 2 is 1.86 bits per heavy atom. The maximum absolute atomic E-state index is 13.2. The fourth-order valence-corrected chi connectivity index (χ4v) is 4.19. The van der Waals surface area contributed by atoms with Crippen molar-refractivity contribution < 1.29 is 19.2 Å². The number of ether oxygens (including phenoxy) is 1. The maximum atomic E-state index is 13.2. The standard InChI is InChI=1S/C27H24ClN3O5/c1-3-6-19(13-17-9-11-18(12-10-17)22-8-5-4-7-20(22)16-29)26(32)30-25-23(27(33)36-2)14-21(28)15-24(25)31(34)35/h4-5,7-12,14-15,19H,3,6,13H2,1-2H3,(H,30,32). The number of carbonyl (C=O) groups is 2. The summed E-state index contributed by atoms with van der Waals surface area (Å²) in [6.45, 7) is 1.94. The topological polar surface area (TPSA) is 122 Å². The first-order valence-corrected chi connectivity index (χ1v) is 11.6. The molecule has 9 heteroatoms. The average Bonchev–Trinajstić information content (AvgIpc) is 2.88. The third-order valence-corrected chi connectivity index (χ3v) is 5.95. The van der Waals surface area contributed by atoms with Gasteiger partial charge in [-0.25, -0.2) is 4.79 Å². The van der Waals surface area contributed by atoms with Gasteiger partial charge in [0.05, 0.1) is 29.2 Å². The zero-order valence-electron chi connectivity index (χ0n) is 19.8. The summed E-state index contributed by atoms with van der Waals surface area (Å²) in [6.07, 6.45) is 1.62. The predicted octanol–water partition coefficient (Wildman–Crippen LogP) is 6.17. The highest BCUT2D eigenvalue weighted by molar-refractivity contribution is 6.31. The van der Waals surface area contributed by atoms with Crippen molar-refractivity contribution in [3.63, 3.8) is 0 Å². The van der Waals surface area contributed by atoms with Crippen molar-refractivity contribution in [3.8, 4) is 17.2 Å². The van der Waals surface area contributed by atoms with Crippen LogP contribution in [0.3, 0.4) is 0 Å². The number of nitro benzene ring substituents is 1. The van der Waals surface area contributed by atoms with Gasteiger partial charge in [0.1, 0.15) is 5.69 Å². The van der Waals surface area contributed by atoms with Crippen molar-refractivity contribution in [2.75, 3.05) is 12.4 Å². The molecule has 3 rings (SSSR count). The highest BCUT2D eigenvalue weighted by Crippen LogP contribution is 2.34. The second-order valence-corrected chi connectivity index (χ2v) is 8.57. The molecule has 0 heterocycles. The number of carbonyl (C=O) groups excluding carboxylic acids is 2. The molecule has 8 nitrogen and oxygen atoms in total. The van der Waals surface area contributed by atoms with Crippen LogP contribution in [0, 0.1) is 27.4 Å². The van der Waals surface area contributed by atoms with E-state index in [2.05, 4.69) is 11.4 Å². The largest absolute Gasteiger partial charge is 0.465 e. The lowest BCUT2D eigenvalue weighted by molar-refractivity contribution is -0.383. The van der Waals surface area contributed by atoms with Gasteiger partial charge in [0.2, 0.25) is 5.91 Å². The number of rotatable bonds is 9. The number of amides is 1. The van der Waals surface area contributed by atoms with E-state index >= 15 is 0 Å². The number of nitro groups is 1. The molecule has 0 saturated heterocycles. The number of esters is 1. The molecule has 0 fully saturated rings. The summed E-state index contributed by atoms with van der Waals surface area (Å²) in [5, 5.41) is 23.5. The number of anilines is 1. The molecule has 0 bridgehead atoms. The van der Waals surface area contributed by atoms with Crippen molar-refractivity contribution in [2.45, 2.75) is 26.2 Å². The average molecular weight is 506 g/mol. The van der Waals surface area contributed by atoms with Crippen LogP contribution in [0.5, 0.6) is 0 Å². The first-order chi connectivity index (χ1) is 17.3. The number of nitriles is 1. The fraction of sp³-hybridized carbons (Fsp3) is 0.222. The summed E-state index contributed by atoms with van der Waals surface area (Å²) in [4.78, 5) is 36.4. The summed E-state index contributed by atoms with van der Waals surface area (Å²) >= 11 is 5.96. The first kappa shape index (κ1) is 26.4. The van der Waals surface area contributed by atoms with Gasteiger partial charge in [-0.05, 0) is 41.7 Å². The minimum Gasteiger partial charge on any atom is -0.465 e. The number of hydrogen-bond donors (Lipinski definition) is 1. The zero-order valence-corrected chi connectivity index (χ0v) is 20.5. The van der Waals surface area contributed by atoms with Crippen LogP contribution in [0.4, 0.5) is 11.4 Å². The number of nitrogens with one attached hydrogen (secondary N) is 1. The Balaban J connectivity index is 1.87. The summed E-state index contributed by atoms with van der Waals surface area (Å²) in [6, 6.07) is 19.4. The van der Waals surface area contributed by atoms with Gasteiger partial charge in [0.25, 0.3) is 5.69 Å². The monoisotopic (exact) mass is 505 g/mol. The van der Waals surface area contributed by atoms with E-state index in [1.165, 1.54) is 6.07 Å². The Kier molecular flexibility index (Phi) is 8.76. The molecule has 0 saturated carbocycles. The minimum absolute atomic E-state index is 0.0248. The van der Waals surface area contributed by atoms with Crippen molar-refractivity contribution in [3.05, 3.63) is 92.5 Å². The SMILES string of the molecule is CCCC(Cc1ccc(-c2ccccc2C#N)cc1)C(=O)Nc1c(C(=O)OC)cc(Cl)cc1[N+](=O)[O-]. The Hall–Kier alpha value is -4.22. The van der Waals surface area contributed by atoms with Crippen molar-refractivity contribution in [1.82, 2.24) is 0 Å². The molecule has 0 spiro atoms. The van der Waals surface area contributed by atoms with E-state index in [-0.39, 0.29) is 16.3 Å². The fourth-order valence-electron chi connectivity index (χ4n) is 3.98. The zero-order chi connectivity index (χ0) is 26.2. The quantitative estimate of drug-likeness (QED) is 0.211. The second kappa shape index (κ2) is 12.0. The number of nitrogens with zero attached hydrogens (tertiary/aromatic N) is 2. The van der Waals surface area contributed by atoms with Crippen molar-refractivity contribution in [1.29, 1.82) is 5.26 Å². The third-order valence-electron chi connectivity index (χ3n) is 5.74. The van der Waals surface area contributed by atoms with E-state index < -0.39 is 28.4 Å². The number of halogens is 1. The van der Waals surface area contributed by atoms with Gasteiger partial charge in [-0.1, -0.05) is 67.4 Å². The molecule has 1 atom stereocenters. The molecule has 36 heavy (non-hydrogen) atoms. The third kappa shape index (κ3) is 6.06. The molecule has 0 aliphatic rings. The Bertz CT molecular complexity index is 1330. The van der Waals surface area contributed by atoms with Gasteiger partial charge in [0, 0.05) is 17.0 Å². The van der Waals surface area contributed by atoms with Crippen LogP contribution < -0.4 is 5.32 Å². The molecule has 0 aliphatic carbocycles. The number of hydrogen-bond acceptors (Lipinski definition) is 6. The minimum atomic E-state index is -0.851. The lowest BCUT2D eigenvalue weighted by Gasteiger charge is -2.18. The molecular weight excluding hydrogens is 482 g/mol. The second-order valence-electron chi connectivity index (χ2n) is 8.13. The molecule has 0 radical (unpaired) electrons. The maximum Gasteiger partial charge on any atom is 0.340 e. The smallest absolute Gasteiger partial charge is 0.340 e. The molecule has 1 unspecified atom stereocenters. The highest BCUT2D eigenvalue weighted by Gasteiger charge is 2.28. The summed E-state index contributed by atoms with van der Waals surface area (Å²) in [5.74, 6) is -1.81. The van der Waals surface area contributed by atoms with Crippen LogP contribution in [0.25, 0.3) is 11.1 Å². The Morgan fingerprint density at radius 1 is 1.17 bits per heavy atom. The Labute approximate surface area is 213 Å². The molecule has 0 aromatic heterocycles. The van der Waals surface area contributed by atoms with E-state index in [4.69, 9.17) is 16.3 Å². The van der Waals surface area contributed by atoms with Crippen LogP contribution in [0.15, 0.2) is 60.7 Å². The van der Waals surface area contributed by atoms with Crippen molar-refractivity contribution in [2.24, 2.45) is 5.92 Å². The van der Waals surface area contributed by atoms with Gasteiger partial charge < -0.3 is 10.1 Å². The summed E-state index contributed by atoms with van der Waals surface area (Å²) < 4.78 is 4.72. The lowest BCUT2D eigenvalue weighted by atomic mass is 9.92. The van der Waals surface area contributed by atoms with E-state index in [1.807, 2.05) is 43.3 Å². The van der Waals surface area contributed by atoms with E-state index in [1.54, 1.807) is 12.1 Å². The van der Waals surface area contributed by atoms with Crippen molar-refractivity contribution >= 4 is 34.9 Å². The molecule has 3 aromatic carbocycles. The van der Waals surface area contributed by atoms with Gasteiger partial charge in [-0.15, -0.1) is 0 Å². The van der Waals surface area contributed by atoms with Gasteiger partial charge in [0.15, 0.2) is 0 Å². The van der Waals surface area contributed by atoms with Crippen LogP contribution in [0.1, 0.15) is 41.3 Å². The molecule has 0 aliphatic heterocycles. The van der Waals surface area contributed by atoms with Crippen LogP contribution >= 0.6 is 11.6 Å². The van der Waals surface area contributed by atoms with Crippen LogP contribution in [0.2, 0.25) is 5.02 Å². The predicted molar refractivity (Wildman–Crippen MR) is 137 cm³/mol. The molecule has 1 amide bonds. The first-order valence-electron chi connectivity index (χ1n) is 11.2. The molecular formula is C27H24ClN3O5. The molecule has 1 N–H and O–H groups in total. The molecule has 184 valence electrons. The van der Waals surface area contributed by atoms with Gasteiger partial charge in [-0.2, -0.15) is 5.26 Å². The van der Waals surface area contributed by atoms with Crippen LogP contribution in [-0.4, -0.2) is 23.9 Å². The van der Waals surface area contributed by atoms with Gasteiger partial charge in [-0.3, -0.25) is 14.9 Å². The normalized spacial score (nSPS) is 11.3. The van der Waals surface area contributed by atoms with E-state index in [9.17, 15) is 25.0 Å². The highest BCUT2D eigenvalue weighted by atomic mass is 35.5. The number of benzene rings is 3. The van der Waals surface area contributed by atoms with Gasteiger partial charge >= 0.3 is 5.97 Å². The Morgan fingerprint density at radius 3 is 2.47 bits per heavy atom. The van der Waals surface area contributed by atoms with Crippen LogP contribution in [-0.2, 0) is 16.0 Å². The summed E-state index contributed by atoms with van der Waals surface area (Å²) in [7, 11) is 1.14. The summed E-state index contributed by atoms with van der Waals surface area (Å²) in [5.41, 5.74) is 2.23.